The summed E-state index contributed by atoms with van der Waals surface area (Å²) in [6.45, 7) is 8.50. The van der Waals surface area contributed by atoms with Crippen molar-refractivity contribution in [1.82, 2.24) is 19.7 Å². The van der Waals surface area contributed by atoms with Gasteiger partial charge in [0.25, 0.3) is 5.56 Å². The summed E-state index contributed by atoms with van der Waals surface area (Å²) in [5, 5.41) is 15.2. The standard InChI is InChI=1S/C33H34N4O4.K/c1-5-9-29-34-22(4)30(25-16-18-26(19-17-25)40-21(3)6-2)32(38)37(29)20-23-12-14-24(15-13-23)27-10-7-8-11-28(27)31-35-33(39)41-36-31;/h7-8,10-19,21H,5-6,9,20H2,1-4H3,(H,35,36,39);/q;+1/p-1. The van der Waals surface area contributed by atoms with E-state index >= 15 is 0 Å². The van der Waals surface area contributed by atoms with Crippen LogP contribution in [0.2, 0.25) is 0 Å². The minimum atomic E-state index is -0.722. The second-order valence-corrected chi connectivity index (χ2v) is 10.1. The van der Waals surface area contributed by atoms with Gasteiger partial charge in [0, 0.05) is 12.0 Å². The molecular formula is C33H33KN4O4. The summed E-state index contributed by atoms with van der Waals surface area (Å²) in [6.07, 6.45) is 1.90. The monoisotopic (exact) mass is 588 g/mol. The molecule has 0 saturated heterocycles. The van der Waals surface area contributed by atoms with Gasteiger partial charge in [-0.15, -0.1) is 0 Å². The second kappa shape index (κ2) is 14.4. The van der Waals surface area contributed by atoms with E-state index in [1.165, 1.54) is 0 Å². The molecular weight excluding hydrogens is 555 g/mol. The largest absolute Gasteiger partial charge is 1.00 e. The molecule has 0 aliphatic rings. The van der Waals surface area contributed by atoms with Gasteiger partial charge < -0.3 is 14.4 Å². The van der Waals surface area contributed by atoms with E-state index in [2.05, 4.69) is 28.5 Å². The van der Waals surface area contributed by atoms with E-state index < -0.39 is 6.08 Å². The number of aryl methyl sites for hydroxylation is 2. The van der Waals surface area contributed by atoms with Crippen LogP contribution in [0.15, 0.2) is 82.1 Å². The van der Waals surface area contributed by atoms with Gasteiger partial charge >= 0.3 is 51.4 Å². The SMILES string of the molecule is CCCc1nc(C)c(-c2ccc(OC(C)CC)cc2)c(=O)n1Cc1ccc(-c2ccccc2-c2noc([O-])n2)cc1.[K+]. The summed E-state index contributed by atoms with van der Waals surface area (Å²) in [4.78, 5) is 22.7. The molecule has 0 N–H and O–H groups in total. The molecule has 2 aromatic heterocycles. The van der Waals surface area contributed by atoms with Crippen molar-refractivity contribution in [2.24, 2.45) is 0 Å². The molecule has 0 spiro atoms. The number of benzene rings is 3. The van der Waals surface area contributed by atoms with Gasteiger partial charge in [0.15, 0.2) is 11.9 Å². The van der Waals surface area contributed by atoms with Crippen LogP contribution >= 0.6 is 0 Å². The van der Waals surface area contributed by atoms with E-state index in [4.69, 9.17) is 9.72 Å². The van der Waals surface area contributed by atoms with Crippen LogP contribution in [0.25, 0.3) is 33.6 Å². The van der Waals surface area contributed by atoms with Gasteiger partial charge in [-0.2, -0.15) is 5.16 Å². The molecule has 5 rings (SSSR count). The zero-order valence-electron chi connectivity index (χ0n) is 24.8. The molecule has 0 amide bonds. The maximum absolute atomic E-state index is 13.9. The Hall–Kier alpha value is -3.08. The fraction of sp³-hybridized carbons (Fsp3) is 0.273. The Morgan fingerprint density at radius 2 is 1.60 bits per heavy atom. The maximum Gasteiger partial charge on any atom is 1.00 e. The van der Waals surface area contributed by atoms with Crippen molar-refractivity contribution in [1.29, 1.82) is 0 Å². The Bertz CT molecular complexity index is 1700. The molecule has 9 heteroatoms. The fourth-order valence-electron chi connectivity index (χ4n) is 4.86. The van der Waals surface area contributed by atoms with E-state index in [-0.39, 0.29) is 68.9 Å². The van der Waals surface area contributed by atoms with Crippen LogP contribution in [0.1, 0.15) is 50.7 Å². The van der Waals surface area contributed by atoms with Crippen molar-refractivity contribution in [3.63, 3.8) is 0 Å². The van der Waals surface area contributed by atoms with Crippen molar-refractivity contribution >= 4 is 0 Å². The molecule has 8 nitrogen and oxygen atoms in total. The minimum absolute atomic E-state index is 0. The zero-order valence-corrected chi connectivity index (χ0v) is 27.9. The Labute approximate surface area is 288 Å². The maximum atomic E-state index is 13.9. The summed E-state index contributed by atoms with van der Waals surface area (Å²) >= 11 is 0. The molecule has 2 heterocycles. The fourth-order valence-corrected chi connectivity index (χ4v) is 4.86. The van der Waals surface area contributed by atoms with Crippen LogP contribution < -0.4 is 66.8 Å². The third-order valence-corrected chi connectivity index (χ3v) is 7.14. The summed E-state index contributed by atoms with van der Waals surface area (Å²) in [6, 6.07) is 23.3. The first-order valence-electron chi connectivity index (χ1n) is 13.9. The van der Waals surface area contributed by atoms with Crippen LogP contribution in [0.4, 0.5) is 0 Å². The Kier molecular flexibility index (Phi) is 10.9. The number of rotatable bonds is 10. The van der Waals surface area contributed by atoms with Gasteiger partial charge in [-0.3, -0.25) is 9.36 Å². The van der Waals surface area contributed by atoms with Crippen molar-refractivity contribution < 1.29 is 65.8 Å². The summed E-state index contributed by atoms with van der Waals surface area (Å²) in [5.74, 6) is 1.81. The summed E-state index contributed by atoms with van der Waals surface area (Å²) in [5.41, 5.74) is 5.58. The van der Waals surface area contributed by atoms with E-state index in [1.54, 1.807) is 4.57 Å². The van der Waals surface area contributed by atoms with Gasteiger partial charge in [-0.05, 0) is 61.1 Å². The van der Waals surface area contributed by atoms with Crippen molar-refractivity contribution in [3.8, 4) is 45.5 Å². The quantitative estimate of drug-likeness (QED) is 0.231. The average Bonchev–Trinajstić information content (AvgIpc) is 3.42. The number of aromatic nitrogens is 4. The van der Waals surface area contributed by atoms with E-state index in [9.17, 15) is 9.90 Å². The topological polar surface area (TPSA) is 106 Å². The molecule has 5 aromatic rings. The second-order valence-electron chi connectivity index (χ2n) is 10.1. The third-order valence-electron chi connectivity index (χ3n) is 7.14. The van der Waals surface area contributed by atoms with Crippen LogP contribution in [-0.4, -0.2) is 25.8 Å². The molecule has 210 valence electrons. The molecule has 0 aliphatic carbocycles. The van der Waals surface area contributed by atoms with Crippen molar-refractivity contribution in [2.45, 2.75) is 59.6 Å². The molecule has 0 bridgehead atoms. The minimum Gasteiger partial charge on any atom is -0.528 e. The summed E-state index contributed by atoms with van der Waals surface area (Å²) < 4.78 is 12.4. The predicted octanol–water partition coefficient (Wildman–Crippen LogP) is 3.19. The average molecular weight is 589 g/mol. The third kappa shape index (κ3) is 7.10. The van der Waals surface area contributed by atoms with Gasteiger partial charge in [0.1, 0.15) is 11.6 Å². The Morgan fingerprint density at radius 3 is 2.21 bits per heavy atom. The van der Waals surface area contributed by atoms with Gasteiger partial charge in [-0.1, -0.05) is 74.5 Å². The first kappa shape index (κ1) is 31.8. The smallest absolute Gasteiger partial charge is 0.528 e. The van der Waals surface area contributed by atoms with E-state index in [1.807, 2.05) is 86.6 Å². The van der Waals surface area contributed by atoms with Gasteiger partial charge in [-0.25, -0.2) is 9.97 Å². The van der Waals surface area contributed by atoms with Crippen LogP contribution in [0.5, 0.6) is 11.8 Å². The predicted molar refractivity (Wildman–Crippen MR) is 157 cm³/mol. The molecule has 0 radical (unpaired) electrons. The Morgan fingerprint density at radius 1 is 0.929 bits per heavy atom. The zero-order chi connectivity index (χ0) is 28.9. The number of hydrogen-bond acceptors (Lipinski definition) is 7. The van der Waals surface area contributed by atoms with E-state index in [0.717, 1.165) is 52.4 Å². The molecule has 0 saturated carbocycles. The van der Waals surface area contributed by atoms with Crippen LogP contribution in [0.3, 0.4) is 0 Å². The molecule has 1 unspecified atom stereocenters. The van der Waals surface area contributed by atoms with Crippen molar-refractivity contribution in [2.75, 3.05) is 0 Å². The summed E-state index contributed by atoms with van der Waals surface area (Å²) in [7, 11) is 0. The number of hydrogen-bond donors (Lipinski definition) is 0. The molecule has 0 fully saturated rings. The Balaban J connectivity index is 0.00000405. The molecule has 3 aromatic carbocycles. The van der Waals surface area contributed by atoms with Crippen LogP contribution in [-0.2, 0) is 13.0 Å². The number of ether oxygens (including phenoxy) is 1. The number of nitrogens with zero attached hydrogens (tertiary/aromatic N) is 4. The van der Waals surface area contributed by atoms with E-state index in [0.29, 0.717) is 24.1 Å². The van der Waals surface area contributed by atoms with Gasteiger partial charge in [0.05, 0.1) is 23.9 Å². The first-order chi connectivity index (χ1) is 19.9. The van der Waals surface area contributed by atoms with Gasteiger partial charge in [0.2, 0.25) is 0 Å². The molecule has 42 heavy (non-hydrogen) atoms. The van der Waals surface area contributed by atoms with Crippen LogP contribution in [0, 0.1) is 6.92 Å². The molecule has 0 aliphatic heterocycles. The first-order valence-corrected chi connectivity index (χ1v) is 13.9. The van der Waals surface area contributed by atoms with Crippen molar-refractivity contribution in [3.05, 3.63) is 100 Å². The molecule has 1 atom stereocenters. The normalized spacial score (nSPS) is 11.6.